The lowest BCUT2D eigenvalue weighted by Gasteiger charge is -2.26. The molecule has 0 bridgehead atoms. The van der Waals surface area contributed by atoms with Gasteiger partial charge in [0.25, 0.3) is 0 Å². The van der Waals surface area contributed by atoms with Crippen molar-refractivity contribution in [1.29, 1.82) is 0 Å². The summed E-state index contributed by atoms with van der Waals surface area (Å²) in [6.45, 7) is 2.96. The molecule has 1 unspecified atom stereocenters. The molecule has 1 rings (SSSR count). The number of halogens is 1. The number of hydroxylamine groups is 2. The van der Waals surface area contributed by atoms with E-state index in [9.17, 15) is 4.79 Å². The van der Waals surface area contributed by atoms with Gasteiger partial charge in [-0.15, -0.1) is 0 Å². The first-order chi connectivity index (χ1) is 6.09. The molecule has 1 aliphatic heterocycles. The SMILES string of the molecule is CC(I)OC(=O)C1CCN(O)CC1. The summed E-state index contributed by atoms with van der Waals surface area (Å²) in [5, 5.41) is 10.3. The second-order valence-electron chi connectivity index (χ2n) is 3.21. The number of nitrogens with zero attached hydrogens (tertiary/aromatic N) is 1. The minimum absolute atomic E-state index is 0.0272. The summed E-state index contributed by atoms with van der Waals surface area (Å²) in [6, 6.07) is 0. The predicted octanol–water partition coefficient (Wildman–Crippen LogP) is 1.41. The maximum absolute atomic E-state index is 11.4. The van der Waals surface area contributed by atoms with Crippen LogP contribution in [0.1, 0.15) is 19.8 Å². The normalized spacial score (nSPS) is 22.7. The Morgan fingerprint density at radius 2 is 2.15 bits per heavy atom. The lowest BCUT2D eigenvalue weighted by molar-refractivity contribution is -0.157. The van der Waals surface area contributed by atoms with Crippen molar-refractivity contribution in [3.05, 3.63) is 0 Å². The number of rotatable bonds is 2. The Bertz CT molecular complexity index is 178. The van der Waals surface area contributed by atoms with Gasteiger partial charge in [0, 0.05) is 13.1 Å². The number of hydrogen-bond acceptors (Lipinski definition) is 4. The summed E-state index contributed by atoms with van der Waals surface area (Å²) >= 11 is 2.05. The Kier molecular flexibility index (Phi) is 4.40. The lowest BCUT2D eigenvalue weighted by atomic mass is 9.98. The van der Waals surface area contributed by atoms with E-state index in [-0.39, 0.29) is 16.0 Å². The van der Waals surface area contributed by atoms with E-state index in [2.05, 4.69) is 22.6 Å². The highest BCUT2D eigenvalue weighted by Gasteiger charge is 2.25. The largest absolute Gasteiger partial charge is 0.452 e. The summed E-state index contributed by atoms with van der Waals surface area (Å²) in [4.78, 5) is 11.4. The summed E-state index contributed by atoms with van der Waals surface area (Å²) < 4.78 is 5.00. The molecule has 0 aromatic rings. The molecule has 1 N–H and O–H groups in total. The Morgan fingerprint density at radius 3 is 2.62 bits per heavy atom. The zero-order valence-corrected chi connectivity index (χ0v) is 9.73. The molecule has 0 saturated carbocycles. The van der Waals surface area contributed by atoms with Crippen LogP contribution in [0.5, 0.6) is 0 Å². The zero-order valence-electron chi connectivity index (χ0n) is 7.57. The maximum Gasteiger partial charge on any atom is 0.310 e. The highest BCUT2D eigenvalue weighted by atomic mass is 127. The number of ether oxygens (including phenoxy) is 1. The molecule has 0 spiro atoms. The molecule has 1 heterocycles. The van der Waals surface area contributed by atoms with Gasteiger partial charge >= 0.3 is 5.97 Å². The van der Waals surface area contributed by atoms with E-state index in [0.717, 1.165) is 0 Å². The van der Waals surface area contributed by atoms with Crippen molar-refractivity contribution in [1.82, 2.24) is 5.06 Å². The topological polar surface area (TPSA) is 49.8 Å². The summed E-state index contributed by atoms with van der Waals surface area (Å²) in [5.41, 5.74) is 0. The molecule has 0 aromatic heterocycles. The average molecular weight is 299 g/mol. The van der Waals surface area contributed by atoms with Gasteiger partial charge in [-0.2, -0.15) is 5.06 Å². The fourth-order valence-corrected chi connectivity index (χ4v) is 1.61. The molecule has 1 atom stereocenters. The summed E-state index contributed by atoms with van der Waals surface area (Å²) in [7, 11) is 0. The molecule has 0 radical (unpaired) electrons. The average Bonchev–Trinajstić information content (AvgIpc) is 2.04. The van der Waals surface area contributed by atoms with Gasteiger partial charge in [0.15, 0.2) is 0 Å². The molecule has 0 aliphatic carbocycles. The smallest absolute Gasteiger partial charge is 0.310 e. The van der Waals surface area contributed by atoms with E-state index >= 15 is 0 Å². The number of piperidine rings is 1. The minimum atomic E-state index is -0.130. The van der Waals surface area contributed by atoms with E-state index < -0.39 is 0 Å². The van der Waals surface area contributed by atoms with Crippen LogP contribution in [0.4, 0.5) is 0 Å². The van der Waals surface area contributed by atoms with Crippen molar-refractivity contribution in [3.63, 3.8) is 0 Å². The first kappa shape index (κ1) is 11.2. The van der Waals surface area contributed by atoms with E-state index in [1.165, 1.54) is 5.06 Å². The highest BCUT2D eigenvalue weighted by molar-refractivity contribution is 14.1. The minimum Gasteiger partial charge on any atom is -0.452 e. The van der Waals surface area contributed by atoms with Crippen LogP contribution >= 0.6 is 22.6 Å². The molecule has 1 fully saturated rings. The quantitative estimate of drug-likeness (QED) is 0.476. The van der Waals surface area contributed by atoms with Crippen molar-refractivity contribution in [2.75, 3.05) is 13.1 Å². The first-order valence-corrected chi connectivity index (χ1v) is 5.62. The molecule has 0 amide bonds. The molecular weight excluding hydrogens is 285 g/mol. The molecule has 1 aliphatic rings. The summed E-state index contributed by atoms with van der Waals surface area (Å²) in [6.07, 6.45) is 1.39. The fraction of sp³-hybridized carbons (Fsp3) is 0.875. The van der Waals surface area contributed by atoms with Crippen molar-refractivity contribution in [2.24, 2.45) is 5.92 Å². The van der Waals surface area contributed by atoms with Crippen LogP contribution in [0.2, 0.25) is 0 Å². The Balaban J connectivity index is 2.31. The Hall–Kier alpha value is 0.120. The summed E-state index contributed by atoms with van der Waals surface area (Å²) in [5.74, 6) is -0.157. The number of esters is 1. The third-order valence-electron chi connectivity index (χ3n) is 2.08. The number of carbonyl (C=O) groups is 1. The van der Waals surface area contributed by atoms with Crippen LogP contribution in [0.3, 0.4) is 0 Å². The van der Waals surface area contributed by atoms with Crippen molar-refractivity contribution in [2.45, 2.75) is 23.9 Å². The van der Waals surface area contributed by atoms with Crippen molar-refractivity contribution < 1.29 is 14.7 Å². The molecular formula is C8H14INO3. The second kappa shape index (κ2) is 5.11. The van der Waals surface area contributed by atoms with E-state index in [0.29, 0.717) is 25.9 Å². The second-order valence-corrected chi connectivity index (χ2v) is 4.96. The molecule has 1 saturated heterocycles. The van der Waals surface area contributed by atoms with Crippen molar-refractivity contribution >= 4 is 28.6 Å². The molecule has 0 aromatic carbocycles. The number of carbonyl (C=O) groups excluding carboxylic acids is 1. The van der Waals surface area contributed by atoms with Gasteiger partial charge in [-0.3, -0.25) is 4.79 Å². The molecule has 4 nitrogen and oxygen atoms in total. The lowest BCUT2D eigenvalue weighted by Crippen LogP contribution is -2.35. The van der Waals surface area contributed by atoms with Crippen LogP contribution in [-0.2, 0) is 9.53 Å². The van der Waals surface area contributed by atoms with E-state index in [1.807, 2.05) is 6.92 Å². The highest BCUT2D eigenvalue weighted by Crippen LogP contribution is 2.18. The van der Waals surface area contributed by atoms with Gasteiger partial charge in [0.1, 0.15) is 4.11 Å². The zero-order chi connectivity index (χ0) is 9.84. The third kappa shape index (κ3) is 3.78. The molecule has 76 valence electrons. The first-order valence-electron chi connectivity index (χ1n) is 4.38. The van der Waals surface area contributed by atoms with Gasteiger partial charge in [-0.25, -0.2) is 0 Å². The van der Waals surface area contributed by atoms with Gasteiger partial charge in [0.05, 0.1) is 5.92 Å². The van der Waals surface area contributed by atoms with Crippen LogP contribution in [-0.4, -0.2) is 33.4 Å². The number of hydrogen-bond donors (Lipinski definition) is 1. The van der Waals surface area contributed by atoms with Gasteiger partial charge in [-0.1, -0.05) is 0 Å². The predicted molar refractivity (Wildman–Crippen MR) is 55.7 cm³/mol. The standard InChI is InChI=1S/C8H14INO3/c1-6(9)13-8(11)7-2-4-10(12)5-3-7/h6-7,12H,2-5H2,1H3. The molecule has 5 heteroatoms. The maximum atomic E-state index is 11.4. The Labute approximate surface area is 91.3 Å². The van der Waals surface area contributed by atoms with Crippen molar-refractivity contribution in [3.8, 4) is 0 Å². The van der Waals surface area contributed by atoms with Crippen LogP contribution < -0.4 is 0 Å². The van der Waals surface area contributed by atoms with Crippen LogP contribution in [0, 0.1) is 5.92 Å². The monoisotopic (exact) mass is 299 g/mol. The van der Waals surface area contributed by atoms with E-state index in [1.54, 1.807) is 0 Å². The van der Waals surface area contributed by atoms with E-state index in [4.69, 9.17) is 9.94 Å². The van der Waals surface area contributed by atoms with Crippen LogP contribution in [0.15, 0.2) is 0 Å². The third-order valence-corrected chi connectivity index (χ3v) is 2.34. The fourth-order valence-electron chi connectivity index (χ4n) is 1.36. The van der Waals surface area contributed by atoms with Gasteiger partial charge in [-0.05, 0) is 42.4 Å². The Morgan fingerprint density at radius 1 is 1.62 bits per heavy atom. The number of alkyl halides is 1. The molecule has 13 heavy (non-hydrogen) atoms. The van der Waals surface area contributed by atoms with Gasteiger partial charge < -0.3 is 9.94 Å². The van der Waals surface area contributed by atoms with Gasteiger partial charge in [0.2, 0.25) is 0 Å². The van der Waals surface area contributed by atoms with Crippen LogP contribution in [0.25, 0.3) is 0 Å².